The van der Waals surface area contributed by atoms with E-state index >= 15 is 0 Å². The molecule has 0 aromatic rings. The lowest BCUT2D eigenvalue weighted by molar-refractivity contribution is 0.170. The lowest BCUT2D eigenvalue weighted by Gasteiger charge is -2.20. The highest BCUT2D eigenvalue weighted by Gasteiger charge is 2.17. The third-order valence-corrected chi connectivity index (χ3v) is 5.55. The number of allylic oxidation sites excluding steroid dienone is 4. The summed E-state index contributed by atoms with van der Waals surface area (Å²) in [5.41, 5.74) is 3.17. The van der Waals surface area contributed by atoms with Gasteiger partial charge in [-0.05, 0) is 82.1 Å². The van der Waals surface area contributed by atoms with E-state index in [1.807, 2.05) is 0 Å². The molecule has 2 aliphatic carbocycles. The van der Waals surface area contributed by atoms with Crippen molar-refractivity contribution in [3.05, 3.63) is 35.8 Å². The molecule has 2 heteroatoms. The van der Waals surface area contributed by atoms with Gasteiger partial charge in [0.1, 0.15) is 13.2 Å². The van der Waals surface area contributed by atoms with E-state index in [2.05, 4.69) is 18.7 Å². The number of ether oxygens (including phenoxy) is 2. The lowest BCUT2D eigenvalue weighted by atomic mass is 9.86. The Hall–Kier alpha value is -1.18. The molecule has 1 saturated heterocycles. The molecule has 0 aromatic heterocycles. The first-order chi connectivity index (χ1) is 11.3. The molecule has 0 bridgehead atoms. The van der Waals surface area contributed by atoms with Gasteiger partial charge in [0, 0.05) is 0 Å². The molecule has 3 rings (SSSR count). The van der Waals surface area contributed by atoms with Crippen LogP contribution in [0.1, 0.15) is 70.6 Å². The van der Waals surface area contributed by atoms with Crippen LogP contribution in [0.2, 0.25) is 0 Å². The first-order valence-corrected chi connectivity index (χ1v) is 9.63. The smallest absolute Gasteiger partial charge is 0.275 e. The molecule has 0 spiro atoms. The Morgan fingerprint density at radius 3 is 2.35 bits per heavy atom. The summed E-state index contributed by atoms with van der Waals surface area (Å²) in [5.74, 6) is 2.20. The van der Waals surface area contributed by atoms with Crippen LogP contribution in [0.4, 0.5) is 0 Å². The molecule has 0 radical (unpaired) electrons. The van der Waals surface area contributed by atoms with Gasteiger partial charge in [0.15, 0.2) is 0 Å². The van der Waals surface area contributed by atoms with Crippen molar-refractivity contribution in [2.24, 2.45) is 11.8 Å². The highest BCUT2D eigenvalue weighted by Crippen LogP contribution is 2.32. The zero-order valence-electron chi connectivity index (χ0n) is 14.5. The summed E-state index contributed by atoms with van der Waals surface area (Å²) in [7, 11) is 0. The number of hydrogen-bond donors (Lipinski definition) is 0. The topological polar surface area (TPSA) is 18.5 Å². The van der Waals surface area contributed by atoms with Crippen LogP contribution in [0.25, 0.3) is 0 Å². The van der Waals surface area contributed by atoms with Crippen LogP contribution in [0.3, 0.4) is 0 Å². The van der Waals surface area contributed by atoms with E-state index in [4.69, 9.17) is 9.47 Å². The van der Waals surface area contributed by atoms with Gasteiger partial charge >= 0.3 is 0 Å². The predicted molar refractivity (Wildman–Crippen MR) is 95.0 cm³/mol. The molecule has 3 fully saturated rings. The minimum atomic E-state index is 0.626. The molecular weight excluding hydrogens is 284 g/mol. The zero-order chi connectivity index (χ0) is 15.9. The van der Waals surface area contributed by atoms with Gasteiger partial charge in [0.25, 0.3) is 5.95 Å². The predicted octanol–water partition coefficient (Wildman–Crippen LogP) is 5.91. The van der Waals surface area contributed by atoms with E-state index in [1.54, 1.807) is 5.57 Å². The molecule has 2 saturated carbocycles. The second kappa shape index (κ2) is 8.61. The summed E-state index contributed by atoms with van der Waals surface area (Å²) >= 11 is 0. The van der Waals surface area contributed by atoms with Crippen LogP contribution in [-0.4, -0.2) is 13.2 Å². The largest absolute Gasteiger partial charge is 0.462 e. The Bertz CT molecular complexity index is 452. The van der Waals surface area contributed by atoms with Gasteiger partial charge < -0.3 is 9.47 Å². The minimum absolute atomic E-state index is 0.626. The molecule has 0 aromatic carbocycles. The van der Waals surface area contributed by atoms with Crippen LogP contribution >= 0.6 is 0 Å². The minimum Gasteiger partial charge on any atom is -0.462 e. The van der Waals surface area contributed by atoms with E-state index in [1.165, 1.54) is 76.2 Å². The van der Waals surface area contributed by atoms with E-state index in [0.717, 1.165) is 25.1 Å². The average molecular weight is 316 g/mol. The third-order valence-electron chi connectivity index (χ3n) is 5.55. The molecule has 23 heavy (non-hydrogen) atoms. The fraction of sp³-hybridized carbons (Fsp3) is 0.714. The van der Waals surface area contributed by atoms with Crippen molar-refractivity contribution in [2.45, 2.75) is 70.6 Å². The van der Waals surface area contributed by atoms with Crippen molar-refractivity contribution in [1.82, 2.24) is 0 Å². The number of rotatable bonds is 2. The van der Waals surface area contributed by atoms with Gasteiger partial charge in [-0.25, -0.2) is 0 Å². The van der Waals surface area contributed by atoms with Gasteiger partial charge in [0.2, 0.25) is 0 Å². The normalized spacial score (nSPS) is 31.7. The van der Waals surface area contributed by atoms with Crippen molar-refractivity contribution in [2.75, 3.05) is 13.2 Å². The van der Waals surface area contributed by atoms with Gasteiger partial charge in [0.05, 0.1) is 0 Å². The number of hydrogen-bond acceptors (Lipinski definition) is 2. The molecule has 128 valence electrons. The summed E-state index contributed by atoms with van der Waals surface area (Å²) in [6.45, 7) is 5.63. The highest BCUT2D eigenvalue weighted by molar-refractivity contribution is 5.09. The molecular formula is C21H32O2. The fourth-order valence-electron chi connectivity index (χ4n) is 4.12. The first-order valence-electron chi connectivity index (χ1n) is 9.63. The molecule has 0 amide bonds. The summed E-state index contributed by atoms with van der Waals surface area (Å²) in [6.07, 6.45) is 19.1. The summed E-state index contributed by atoms with van der Waals surface area (Å²) < 4.78 is 11.0. The summed E-state index contributed by atoms with van der Waals surface area (Å²) in [4.78, 5) is 0. The Labute approximate surface area is 141 Å². The molecule has 0 N–H and O–H groups in total. The summed E-state index contributed by atoms with van der Waals surface area (Å²) in [6, 6.07) is 0. The molecule has 2 unspecified atom stereocenters. The second-order valence-corrected chi connectivity index (χ2v) is 7.49. The molecule has 1 heterocycles. The van der Waals surface area contributed by atoms with Crippen molar-refractivity contribution in [1.29, 1.82) is 0 Å². The fourth-order valence-corrected chi connectivity index (χ4v) is 4.12. The lowest BCUT2D eigenvalue weighted by Crippen LogP contribution is -2.05. The first kappa shape index (κ1) is 16.7. The van der Waals surface area contributed by atoms with Crippen LogP contribution < -0.4 is 0 Å². The maximum Gasteiger partial charge on any atom is 0.275 e. The van der Waals surface area contributed by atoms with E-state index < -0.39 is 0 Å². The Morgan fingerprint density at radius 2 is 1.48 bits per heavy atom. The van der Waals surface area contributed by atoms with E-state index in [9.17, 15) is 0 Å². The van der Waals surface area contributed by atoms with Gasteiger partial charge in [-0.2, -0.15) is 0 Å². The maximum absolute atomic E-state index is 5.52. The van der Waals surface area contributed by atoms with Gasteiger partial charge in [-0.3, -0.25) is 0 Å². The van der Waals surface area contributed by atoms with Crippen molar-refractivity contribution >= 4 is 0 Å². The molecule has 2 atom stereocenters. The van der Waals surface area contributed by atoms with Crippen LogP contribution in [0, 0.1) is 11.8 Å². The van der Waals surface area contributed by atoms with Crippen LogP contribution in [-0.2, 0) is 9.47 Å². The Morgan fingerprint density at radius 1 is 0.739 bits per heavy atom. The highest BCUT2D eigenvalue weighted by atomic mass is 16.7. The maximum atomic E-state index is 5.52. The average Bonchev–Trinajstić information content (AvgIpc) is 2.95. The Kier molecular flexibility index (Phi) is 6.24. The van der Waals surface area contributed by atoms with Crippen molar-refractivity contribution in [3.63, 3.8) is 0 Å². The van der Waals surface area contributed by atoms with Crippen LogP contribution in [0.5, 0.6) is 0 Å². The zero-order valence-corrected chi connectivity index (χ0v) is 14.5. The summed E-state index contributed by atoms with van der Waals surface area (Å²) in [5, 5.41) is 0. The molecule has 3 aliphatic rings. The Balaban J connectivity index is 1.56. The van der Waals surface area contributed by atoms with E-state index in [0.29, 0.717) is 5.92 Å². The second-order valence-electron chi connectivity index (χ2n) is 7.49. The third kappa shape index (κ3) is 5.44. The van der Waals surface area contributed by atoms with Crippen LogP contribution in [0.15, 0.2) is 35.8 Å². The monoisotopic (exact) mass is 316 g/mol. The van der Waals surface area contributed by atoms with Gasteiger partial charge in [-0.1, -0.05) is 30.2 Å². The standard InChI is InChI=1S/C21H32O2/c1-17-5-4-8-19(10-9-17)15-18-6-2-3-7-20(12-11-18)16-21-22-13-14-23-21/h15-16,19-20H,1-14H2/b18-15+. The van der Waals surface area contributed by atoms with Crippen molar-refractivity contribution < 1.29 is 9.47 Å². The van der Waals surface area contributed by atoms with Gasteiger partial charge in [-0.15, -0.1) is 0 Å². The quantitative estimate of drug-likeness (QED) is 0.466. The van der Waals surface area contributed by atoms with Crippen molar-refractivity contribution in [3.8, 4) is 0 Å². The van der Waals surface area contributed by atoms with E-state index in [-0.39, 0.29) is 0 Å². The molecule has 1 aliphatic heterocycles. The molecule has 2 nitrogen and oxygen atoms in total. The SMILES string of the molecule is C=C1CCCC(/C=C2\CCCCC(C=C3OCCO3)CC2)CC1.